The van der Waals surface area contributed by atoms with E-state index in [1.54, 1.807) is 25.3 Å². The third-order valence-corrected chi connectivity index (χ3v) is 5.17. The predicted molar refractivity (Wildman–Crippen MR) is 83.6 cm³/mol. The minimum Gasteiger partial charge on any atom is -0.497 e. The van der Waals surface area contributed by atoms with Crippen LogP contribution in [0.15, 0.2) is 18.2 Å². The molecule has 0 aromatic heterocycles. The number of methoxy groups -OCH3 is 2. The molecule has 0 heterocycles. The van der Waals surface area contributed by atoms with Crippen molar-refractivity contribution in [1.29, 1.82) is 0 Å². The number of carbonyl (C=O) groups is 2. The van der Waals surface area contributed by atoms with E-state index in [0.29, 0.717) is 17.2 Å². The quantitative estimate of drug-likeness (QED) is 0.870. The summed E-state index contributed by atoms with van der Waals surface area (Å²) in [5, 5.41) is 12.3. The highest BCUT2D eigenvalue weighted by atomic mass is 16.5. The fraction of sp³-hybridized carbons (Fsp3) is 0.529. The lowest BCUT2D eigenvalue weighted by atomic mass is 9.78. The molecule has 2 aliphatic rings. The molecule has 4 atom stereocenters. The highest BCUT2D eigenvalue weighted by molar-refractivity contribution is 5.97. The molecule has 1 aromatic carbocycles. The van der Waals surface area contributed by atoms with E-state index >= 15 is 0 Å². The minimum atomic E-state index is -0.866. The van der Waals surface area contributed by atoms with Crippen LogP contribution < -0.4 is 14.8 Å². The zero-order valence-electron chi connectivity index (χ0n) is 13.2. The van der Waals surface area contributed by atoms with Gasteiger partial charge in [-0.05, 0) is 43.2 Å². The van der Waals surface area contributed by atoms with Gasteiger partial charge in [-0.3, -0.25) is 9.59 Å². The Hall–Kier alpha value is -2.24. The van der Waals surface area contributed by atoms with Crippen LogP contribution in [0, 0.1) is 23.7 Å². The number of rotatable bonds is 5. The van der Waals surface area contributed by atoms with Gasteiger partial charge in [-0.25, -0.2) is 0 Å². The van der Waals surface area contributed by atoms with Crippen LogP contribution in [-0.4, -0.2) is 31.2 Å². The molecule has 6 heteroatoms. The number of fused-ring (bicyclic) bond motifs is 2. The van der Waals surface area contributed by atoms with Crippen molar-refractivity contribution in [2.24, 2.45) is 23.7 Å². The molecule has 6 nitrogen and oxygen atoms in total. The first-order chi connectivity index (χ1) is 11.0. The fourth-order valence-corrected chi connectivity index (χ4v) is 4.15. The van der Waals surface area contributed by atoms with Gasteiger partial charge in [0.05, 0.1) is 31.7 Å². The molecule has 2 saturated carbocycles. The smallest absolute Gasteiger partial charge is 0.307 e. The van der Waals surface area contributed by atoms with Crippen molar-refractivity contribution < 1.29 is 24.2 Å². The molecule has 0 saturated heterocycles. The normalized spacial score (nSPS) is 28.4. The Morgan fingerprint density at radius 1 is 1.13 bits per heavy atom. The summed E-state index contributed by atoms with van der Waals surface area (Å²) in [4.78, 5) is 24.3. The van der Waals surface area contributed by atoms with E-state index in [0.717, 1.165) is 19.3 Å². The standard InChI is InChI=1S/C17H21NO5/c1-22-11-5-6-13(23-2)12(8-11)18-16(19)14-9-3-4-10(7-9)15(14)17(20)21/h5-6,8-10,14-15H,3-4,7H2,1-2H3,(H,18,19)(H,20,21)/t9-,10-,14+,15+/m0/s1. The number of hydrogen-bond donors (Lipinski definition) is 2. The minimum absolute atomic E-state index is 0.125. The van der Waals surface area contributed by atoms with Gasteiger partial charge in [0.15, 0.2) is 0 Å². The predicted octanol–water partition coefficient (Wildman–Crippen LogP) is 2.39. The largest absolute Gasteiger partial charge is 0.497 e. The summed E-state index contributed by atoms with van der Waals surface area (Å²) in [6.45, 7) is 0. The second-order valence-electron chi connectivity index (χ2n) is 6.28. The highest BCUT2D eigenvalue weighted by Gasteiger charge is 2.54. The van der Waals surface area contributed by atoms with Gasteiger partial charge in [0, 0.05) is 6.07 Å². The SMILES string of the molecule is COc1ccc(OC)c(NC(=O)[C@@H]2[C@H]3CC[C@@H](C3)[C@H]2C(=O)O)c1. The molecule has 124 valence electrons. The van der Waals surface area contributed by atoms with E-state index in [2.05, 4.69) is 5.32 Å². The average molecular weight is 319 g/mol. The maximum absolute atomic E-state index is 12.7. The van der Waals surface area contributed by atoms with Crippen LogP contribution in [0.1, 0.15) is 19.3 Å². The number of aliphatic carboxylic acids is 1. The van der Waals surface area contributed by atoms with Gasteiger partial charge in [0.1, 0.15) is 11.5 Å². The van der Waals surface area contributed by atoms with E-state index in [9.17, 15) is 14.7 Å². The van der Waals surface area contributed by atoms with Crippen LogP contribution in [0.5, 0.6) is 11.5 Å². The molecule has 1 aromatic rings. The number of amides is 1. The number of carboxylic acid groups (broad SMARTS) is 1. The maximum Gasteiger partial charge on any atom is 0.307 e. The Bertz CT molecular complexity index is 629. The lowest BCUT2D eigenvalue weighted by molar-refractivity contribution is -0.148. The number of hydrogen-bond acceptors (Lipinski definition) is 4. The number of ether oxygens (including phenoxy) is 2. The zero-order valence-corrected chi connectivity index (χ0v) is 13.2. The summed E-state index contributed by atoms with van der Waals surface area (Å²) in [7, 11) is 3.07. The fourth-order valence-electron chi connectivity index (χ4n) is 4.15. The molecule has 0 aliphatic heterocycles. The summed E-state index contributed by atoms with van der Waals surface area (Å²) in [5.41, 5.74) is 0.503. The molecule has 0 spiro atoms. The van der Waals surface area contributed by atoms with Crippen molar-refractivity contribution in [3.8, 4) is 11.5 Å². The third kappa shape index (κ3) is 2.73. The summed E-state index contributed by atoms with van der Waals surface area (Å²) in [5.74, 6) is -0.741. The summed E-state index contributed by atoms with van der Waals surface area (Å²) < 4.78 is 10.4. The Morgan fingerprint density at radius 2 is 1.83 bits per heavy atom. The van der Waals surface area contributed by atoms with E-state index < -0.39 is 17.8 Å². The molecule has 1 amide bonds. The second kappa shape index (κ2) is 6.10. The van der Waals surface area contributed by atoms with Gasteiger partial charge in [-0.2, -0.15) is 0 Å². The van der Waals surface area contributed by atoms with Gasteiger partial charge in [-0.15, -0.1) is 0 Å². The Morgan fingerprint density at radius 3 is 2.43 bits per heavy atom. The molecule has 2 aliphatic carbocycles. The maximum atomic E-state index is 12.7. The monoisotopic (exact) mass is 319 g/mol. The van der Waals surface area contributed by atoms with Crippen molar-refractivity contribution in [1.82, 2.24) is 0 Å². The Kier molecular flexibility index (Phi) is 4.15. The van der Waals surface area contributed by atoms with Gasteiger partial charge in [0.2, 0.25) is 5.91 Å². The summed E-state index contributed by atoms with van der Waals surface area (Å²) in [6.07, 6.45) is 2.68. The van der Waals surface area contributed by atoms with Crippen LogP contribution in [0.25, 0.3) is 0 Å². The van der Waals surface area contributed by atoms with Gasteiger partial charge < -0.3 is 19.9 Å². The number of anilines is 1. The van der Waals surface area contributed by atoms with E-state index in [1.165, 1.54) is 7.11 Å². The van der Waals surface area contributed by atoms with E-state index in [1.807, 2.05) is 0 Å². The molecule has 3 rings (SSSR count). The number of nitrogens with one attached hydrogen (secondary N) is 1. The van der Waals surface area contributed by atoms with Crippen LogP contribution in [0.2, 0.25) is 0 Å². The number of carboxylic acids is 1. The highest BCUT2D eigenvalue weighted by Crippen LogP contribution is 2.52. The van der Waals surface area contributed by atoms with Gasteiger partial charge in [-0.1, -0.05) is 0 Å². The molecule has 23 heavy (non-hydrogen) atoms. The third-order valence-electron chi connectivity index (χ3n) is 5.17. The molecule has 0 radical (unpaired) electrons. The van der Waals surface area contributed by atoms with Gasteiger partial charge in [0.25, 0.3) is 0 Å². The van der Waals surface area contributed by atoms with Crippen LogP contribution >= 0.6 is 0 Å². The Balaban J connectivity index is 1.83. The van der Waals surface area contributed by atoms with Crippen LogP contribution in [0.3, 0.4) is 0 Å². The zero-order chi connectivity index (χ0) is 16.6. The molecular weight excluding hydrogens is 298 g/mol. The summed E-state index contributed by atoms with van der Waals surface area (Å²) >= 11 is 0. The Labute approximate surface area is 134 Å². The number of carbonyl (C=O) groups excluding carboxylic acids is 1. The topological polar surface area (TPSA) is 84.9 Å². The molecule has 2 fully saturated rings. The van der Waals surface area contributed by atoms with Crippen LogP contribution in [0.4, 0.5) is 5.69 Å². The van der Waals surface area contributed by atoms with Crippen molar-refractivity contribution >= 4 is 17.6 Å². The molecule has 0 unspecified atom stereocenters. The number of benzene rings is 1. The first kappa shape index (κ1) is 15.6. The van der Waals surface area contributed by atoms with Crippen LogP contribution in [-0.2, 0) is 9.59 Å². The average Bonchev–Trinajstić information content (AvgIpc) is 3.15. The lowest BCUT2D eigenvalue weighted by Crippen LogP contribution is -2.37. The summed E-state index contributed by atoms with van der Waals surface area (Å²) in [6, 6.07) is 5.13. The van der Waals surface area contributed by atoms with Crippen molar-refractivity contribution in [3.05, 3.63) is 18.2 Å². The van der Waals surface area contributed by atoms with Crippen molar-refractivity contribution in [2.75, 3.05) is 19.5 Å². The second-order valence-corrected chi connectivity index (χ2v) is 6.28. The molecule has 2 bridgehead atoms. The van der Waals surface area contributed by atoms with Crippen molar-refractivity contribution in [3.63, 3.8) is 0 Å². The van der Waals surface area contributed by atoms with E-state index in [4.69, 9.17) is 9.47 Å². The van der Waals surface area contributed by atoms with Gasteiger partial charge >= 0.3 is 5.97 Å². The first-order valence-corrected chi connectivity index (χ1v) is 7.80. The molecule has 2 N–H and O–H groups in total. The lowest BCUT2D eigenvalue weighted by Gasteiger charge is -2.27. The first-order valence-electron chi connectivity index (χ1n) is 7.80. The van der Waals surface area contributed by atoms with E-state index in [-0.39, 0.29) is 17.7 Å². The molecular formula is C17H21NO5. The van der Waals surface area contributed by atoms with Crippen molar-refractivity contribution in [2.45, 2.75) is 19.3 Å².